The van der Waals surface area contributed by atoms with Gasteiger partial charge in [0.2, 0.25) is 0 Å². The molecule has 0 spiro atoms. The molecule has 2 aromatic rings. The predicted octanol–water partition coefficient (Wildman–Crippen LogP) is 4.31. The Hall–Kier alpha value is -1.90. The third-order valence-corrected chi connectivity index (χ3v) is 6.91. The number of carbonyl (C=O) groups is 2. The van der Waals surface area contributed by atoms with E-state index < -0.39 is 0 Å². The second-order valence-electron chi connectivity index (χ2n) is 5.39. The normalized spacial score (nSPS) is 13.6. The number of carbonyl (C=O) groups excluding carboxylic acids is 2. The SMILES string of the molecule is COC(=O)C1=C(Nc2ccccc2NC(=O)c2ccc(SC)s2)CSC1. The van der Waals surface area contributed by atoms with Crippen LogP contribution in [0.15, 0.2) is 51.9 Å². The Morgan fingerprint density at radius 1 is 1.12 bits per heavy atom. The number of para-hydroxylation sites is 2. The fourth-order valence-electron chi connectivity index (χ4n) is 2.45. The number of hydrogen-bond acceptors (Lipinski definition) is 7. The third-order valence-electron chi connectivity index (χ3n) is 3.76. The van der Waals surface area contributed by atoms with Gasteiger partial charge in [-0.2, -0.15) is 11.8 Å². The van der Waals surface area contributed by atoms with Crippen molar-refractivity contribution in [3.8, 4) is 0 Å². The van der Waals surface area contributed by atoms with Crippen LogP contribution in [0.25, 0.3) is 0 Å². The Labute approximate surface area is 164 Å². The molecule has 0 saturated carbocycles. The lowest BCUT2D eigenvalue weighted by molar-refractivity contribution is -0.136. The van der Waals surface area contributed by atoms with Crippen LogP contribution in [0.4, 0.5) is 11.4 Å². The lowest BCUT2D eigenvalue weighted by atomic mass is 10.2. The Morgan fingerprint density at radius 2 is 1.88 bits per heavy atom. The zero-order chi connectivity index (χ0) is 18.5. The van der Waals surface area contributed by atoms with E-state index in [-0.39, 0.29) is 11.9 Å². The Bertz CT molecular complexity index is 861. The summed E-state index contributed by atoms with van der Waals surface area (Å²) >= 11 is 4.73. The summed E-state index contributed by atoms with van der Waals surface area (Å²) in [5, 5.41) is 6.24. The monoisotopic (exact) mass is 406 g/mol. The molecule has 0 unspecified atom stereocenters. The van der Waals surface area contributed by atoms with Crippen molar-refractivity contribution >= 4 is 58.1 Å². The highest BCUT2D eigenvalue weighted by atomic mass is 32.2. The molecule has 0 bridgehead atoms. The van der Waals surface area contributed by atoms with E-state index in [9.17, 15) is 9.59 Å². The molecule has 2 N–H and O–H groups in total. The van der Waals surface area contributed by atoms with Crippen molar-refractivity contribution in [3.05, 3.63) is 52.5 Å². The van der Waals surface area contributed by atoms with Crippen molar-refractivity contribution in [1.82, 2.24) is 0 Å². The van der Waals surface area contributed by atoms with E-state index >= 15 is 0 Å². The maximum absolute atomic E-state index is 12.5. The molecule has 1 aliphatic heterocycles. The zero-order valence-corrected chi connectivity index (χ0v) is 16.8. The first-order valence-corrected chi connectivity index (χ1v) is 11.0. The highest BCUT2D eigenvalue weighted by Gasteiger charge is 2.23. The largest absolute Gasteiger partial charge is 0.466 e. The first-order chi connectivity index (χ1) is 12.6. The van der Waals surface area contributed by atoms with E-state index in [0.29, 0.717) is 27.6 Å². The lowest BCUT2D eigenvalue weighted by Crippen LogP contribution is -2.14. The van der Waals surface area contributed by atoms with Crippen molar-refractivity contribution in [2.75, 3.05) is 35.5 Å². The standard InChI is InChI=1S/C18H18N2O3S3/c1-23-18(22)11-9-25-10-14(11)19-12-5-3-4-6-13(12)20-17(21)15-7-8-16(24-2)26-15/h3-8,19H,9-10H2,1-2H3,(H,20,21). The molecule has 1 amide bonds. The number of esters is 1. The third kappa shape index (κ3) is 4.25. The van der Waals surface area contributed by atoms with Crippen LogP contribution in [0.2, 0.25) is 0 Å². The minimum Gasteiger partial charge on any atom is -0.466 e. The van der Waals surface area contributed by atoms with E-state index in [1.54, 1.807) is 23.5 Å². The number of amides is 1. The average Bonchev–Trinajstić information content (AvgIpc) is 3.32. The number of nitrogens with one attached hydrogen (secondary N) is 2. The van der Waals surface area contributed by atoms with Gasteiger partial charge in [-0.15, -0.1) is 23.1 Å². The zero-order valence-electron chi connectivity index (χ0n) is 14.3. The van der Waals surface area contributed by atoms with E-state index in [4.69, 9.17) is 4.74 Å². The molecule has 0 atom stereocenters. The highest BCUT2D eigenvalue weighted by molar-refractivity contribution is 8.00. The van der Waals surface area contributed by atoms with Gasteiger partial charge in [-0.1, -0.05) is 12.1 Å². The molecular weight excluding hydrogens is 388 g/mol. The molecule has 8 heteroatoms. The maximum Gasteiger partial charge on any atom is 0.336 e. The molecular formula is C18H18N2O3S3. The van der Waals surface area contributed by atoms with Crippen LogP contribution in [0.5, 0.6) is 0 Å². The second kappa shape index (κ2) is 8.66. The van der Waals surface area contributed by atoms with Gasteiger partial charge >= 0.3 is 5.97 Å². The number of thioether (sulfide) groups is 2. The summed E-state index contributed by atoms with van der Waals surface area (Å²) in [6.45, 7) is 0. The van der Waals surface area contributed by atoms with Crippen LogP contribution < -0.4 is 10.6 Å². The van der Waals surface area contributed by atoms with Gasteiger partial charge in [-0.05, 0) is 30.5 Å². The van der Waals surface area contributed by atoms with Crippen LogP contribution in [0, 0.1) is 0 Å². The van der Waals surface area contributed by atoms with Crippen LogP contribution in [-0.2, 0) is 9.53 Å². The molecule has 3 rings (SSSR count). The number of hydrogen-bond donors (Lipinski definition) is 2. The van der Waals surface area contributed by atoms with Gasteiger partial charge in [0, 0.05) is 17.2 Å². The summed E-state index contributed by atoms with van der Waals surface area (Å²) in [7, 11) is 1.38. The molecule has 2 heterocycles. The van der Waals surface area contributed by atoms with Gasteiger partial charge in [-0.3, -0.25) is 4.79 Å². The second-order valence-corrected chi connectivity index (χ2v) is 8.56. The van der Waals surface area contributed by atoms with E-state index in [2.05, 4.69) is 10.6 Å². The fourth-order valence-corrected chi connectivity index (χ4v) is 4.93. The topological polar surface area (TPSA) is 67.4 Å². The van der Waals surface area contributed by atoms with Gasteiger partial charge in [-0.25, -0.2) is 4.79 Å². The number of benzene rings is 1. The molecule has 1 aromatic carbocycles. The minimum absolute atomic E-state index is 0.146. The van der Waals surface area contributed by atoms with Gasteiger partial charge in [0.25, 0.3) is 5.91 Å². The average molecular weight is 407 g/mol. The Kier molecular flexibility index (Phi) is 6.29. The van der Waals surface area contributed by atoms with Crippen LogP contribution in [-0.4, -0.2) is 36.7 Å². The molecule has 1 aliphatic rings. The van der Waals surface area contributed by atoms with E-state index in [0.717, 1.165) is 15.6 Å². The summed E-state index contributed by atoms with van der Waals surface area (Å²) in [5.74, 6) is 0.861. The Morgan fingerprint density at radius 3 is 2.58 bits per heavy atom. The molecule has 0 radical (unpaired) electrons. The molecule has 0 saturated heterocycles. The molecule has 136 valence electrons. The predicted molar refractivity (Wildman–Crippen MR) is 110 cm³/mol. The quantitative estimate of drug-likeness (QED) is 0.550. The fraction of sp³-hybridized carbons (Fsp3) is 0.222. The number of methoxy groups -OCH3 is 1. The molecule has 26 heavy (non-hydrogen) atoms. The first-order valence-electron chi connectivity index (χ1n) is 7.81. The van der Waals surface area contributed by atoms with Crippen molar-refractivity contribution < 1.29 is 14.3 Å². The van der Waals surface area contributed by atoms with Gasteiger partial charge in [0.05, 0.1) is 33.1 Å². The molecule has 0 fully saturated rings. The van der Waals surface area contributed by atoms with Crippen molar-refractivity contribution in [1.29, 1.82) is 0 Å². The molecule has 0 aliphatic carbocycles. The Balaban J connectivity index is 1.80. The van der Waals surface area contributed by atoms with Crippen LogP contribution in [0.1, 0.15) is 9.67 Å². The molecule has 1 aromatic heterocycles. The highest BCUT2D eigenvalue weighted by Crippen LogP contribution is 2.31. The summed E-state index contributed by atoms with van der Waals surface area (Å²) < 4.78 is 5.94. The summed E-state index contributed by atoms with van der Waals surface area (Å²) in [4.78, 5) is 25.1. The number of rotatable bonds is 6. The van der Waals surface area contributed by atoms with Crippen molar-refractivity contribution in [2.24, 2.45) is 0 Å². The summed E-state index contributed by atoms with van der Waals surface area (Å²) in [5.41, 5.74) is 2.89. The lowest BCUT2D eigenvalue weighted by Gasteiger charge is -2.14. The van der Waals surface area contributed by atoms with Gasteiger partial charge in [0.1, 0.15) is 0 Å². The first kappa shape index (κ1) is 18.9. The maximum atomic E-state index is 12.5. The number of thiophene rings is 1. The number of ether oxygens (including phenoxy) is 1. The van der Waals surface area contributed by atoms with E-state index in [1.165, 1.54) is 18.4 Å². The van der Waals surface area contributed by atoms with Crippen LogP contribution in [0.3, 0.4) is 0 Å². The summed E-state index contributed by atoms with van der Waals surface area (Å²) in [6.07, 6.45) is 1.99. The van der Waals surface area contributed by atoms with Crippen LogP contribution >= 0.6 is 34.9 Å². The van der Waals surface area contributed by atoms with Gasteiger partial charge in [0.15, 0.2) is 0 Å². The smallest absolute Gasteiger partial charge is 0.336 e. The van der Waals surface area contributed by atoms with Crippen molar-refractivity contribution in [3.63, 3.8) is 0 Å². The van der Waals surface area contributed by atoms with Gasteiger partial charge < -0.3 is 15.4 Å². The van der Waals surface area contributed by atoms with E-state index in [1.807, 2.05) is 42.7 Å². The number of anilines is 2. The van der Waals surface area contributed by atoms with Crippen molar-refractivity contribution in [2.45, 2.75) is 4.21 Å². The minimum atomic E-state index is -0.317. The molecule has 5 nitrogen and oxygen atoms in total. The summed E-state index contributed by atoms with van der Waals surface area (Å²) in [6, 6.07) is 11.2.